The Morgan fingerprint density at radius 1 is 0.564 bits per heavy atom. The second-order valence-electron chi connectivity index (χ2n) is 14.0. The van der Waals surface area contributed by atoms with Crippen molar-refractivity contribution in [1.29, 1.82) is 0 Å². The number of unbranched alkanes of at least 4 members (excludes halogenated alkanes) is 10. The van der Waals surface area contributed by atoms with E-state index >= 15 is 0 Å². The van der Waals surface area contributed by atoms with E-state index in [2.05, 4.69) is 86.8 Å². The number of hydrogen-bond acceptors (Lipinski definition) is 10. The van der Waals surface area contributed by atoms with Crippen molar-refractivity contribution >= 4 is 11.9 Å². The zero-order valence-electron chi connectivity index (χ0n) is 33.9. The van der Waals surface area contributed by atoms with Gasteiger partial charge in [0.05, 0.1) is 13.2 Å². The molecule has 0 radical (unpaired) electrons. The Bertz CT molecular complexity index is 1120. The summed E-state index contributed by atoms with van der Waals surface area (Å²) in [5.74, 6) is -0.855. The Hall–Kier alpha value is -2.86. The van der Waals surface area contributed by atoms with E-state index in [0.717, 1.165) is 103 Å². The van der Waals surface area contributed by atoms with E-state index < -0.39 is 55.4 Å². The Morgan fingerprint density at radius 3 is 1.53 bits per heavy atom. The Kier molecular flexibility index (Phi) is 32.4. The summed E-state index contributed by atoms with van der Waals surface area (Å²) in [5.41, 5.74) is 0. The molecular weight excluding hydrogens is 700 g/mol. The Morgan fingerprint density at radius 2 is 1.02 bits per heavy atom. The van der Waals surface area contributed by atoms with Gasteiger partial charge in [0.25, 0.3) is 0 Å². The number of aliphatic hydroxyl groups excluding tert-OH is 4. The largest absolute Gasteiger partial charge is 0.462 e. The smallest absolute Gasteiger partial charge is 0.306 e. The molecule has 0 unspecified atom stereocenters. The Labute approximate surface area is 332 Å². The molecular formula is C45H74O10. The number of carbonyl (C=O) groups excluding carboxylic acids is 2. The average molecular weight is 775 g/mol. The summed E-state index contributed by atoms with van der Waals surface area (Å²) >= 11 is 0. The van der Waals surface area contributed by atoms with Crippen molar-refractivity contribution in [2.24, 2.45) is 0 Å². The van der Waals surface area contributed by atoms with Crippen LogP contribution >= 0.6 is 0 Å². The van der Waals surface area contributed by atoms with Crippen LogP contribution in [0.3, 0.4) is 0 Å². The molecule has 55 heavy (non-hydrogen) atoms. The van der Waals surface area contributed by atoms with E-state index in [9.17, 15) is 30.0 Å². The van der Waals surface area contributed by atoms with Crippen LogP contribution in [-0.4, -0.2) is 89.0 Å². The van der Waals surface area contributed by atoms with Crippen LogP contribution in [0.15, 0.2) is 72.9 Å². The average Bonchev–Trinajstić information content (AvgIpc) is 3.18. The van der Waals surface area contributed by atoms with Gasteiger partial charge in [-0.3, -0.25) is 9.59 Å². The van der Waals surface area contributed by atoms with Crippen molar-refractivity contribution in [3.63, 3.8) is 0 Å². The highest BCUT2D eigenvalue weighted by Gasteiger charge is 2.44. The Balaban J connectivity index is 2.39. The molecule has 0 aromatic carbocycles. The minimum absolute atomic E-state index is 0.202. The van der Waals surface area contributed by atoms with Crippen molar-refractivity contribution in [2.75, 3.05) is 19.8 Å². The first-order chi connectivity index (χ1) is 26.8. The molecule has 0 saturated carbocycles. The summed E-state index contributed by atoms with van der Waals surface area (Å²) in [7, 11) is 0. The molecule has 1 aliphatic heterocycles. The second kappa shape index (κ2) is 35.5. The SMILES string of the molecule is CC/C=C\C/C=C\C/C=C\CCCCCCCC(=O)OC[C@H](CO[C@@H]1O[C@@H](CO)[C@H](O)[C@@H](O)[C@@H]1O)OC(=O)CCCCCCC/C=C\C/C=C\C/C=C\CC. The molecule has 6 atom stereocenters. The fraction of sp³-hybridized carbons (Fsp3) is 0.689. The number of carbonyl (C=O) groups is 2. The number of ether oxygens (including phenoxy) is 4. The van der Waals surface area contributed by atoms with Crippen molar-refractivity contribution in [3.8, 4) is 0 Å². The van der Waals surface area contributed by atoms with Crippen molar-refractivity contribution in [3.05, 3.63) is 72.9 Å². The molecule has 0 aliphatic carbocycles. The normalized spacial score (nSPS) is 21.3. The van der Waals surface area contributed by atoms with E-state index in [0.29, 0.717) is 12.8 Å². The van der Waals surface area contributed by atoms with E-state index in [1.54, 1.807) is 0 Å². The van der Waals surface area contributed by atoms with Gasteiger partial charge in [-0.25, -0.2) is 0 Å². The summed E-state index contributed by atoms with van der Waals surface area (Å²) in [6, 6.07) is 0. The lowest BCUT2D eigenvalue weighted by molar-refractivity contribution is -0.305. The lowest BCUT2D eigenvalue weighted by Gasteiger charge is -2.39. The summed E-state index contributed by atoms with van der Waals surface area (Å²) in [4.78, 5) is 25.3. The van der Waals surface area contributed by atoms with Gasteiger partial charge in [-0.1, -0.05) is 125 Å². The topological polar surface area (TPSA) is 152 Å². The van der Waals surface area contributed by atoms with Gasteiger partial charge < -0.3 is 39.4 Å². The lowest BCUT2D eigenvalue weighted by Crippen LogP contribution is -2.59. The molecule has 0 aromatic rings. The first-order valence-corrected chi connectivity index (χ1v) is 21.0. The molecule has 1 fully saturated rings. The first-order valence-electron chi connectivity index (χ1n) is 21.0. The predicted molar refractivity (Wildman–Crippen MR) is 219 cm³/mol. The zero-order chi connectivity index (χ0) is 40.2. The highest BCUT2D eigenvalue weighted by molar-refractivity contribution is 5.70. The van der Waals surface area contributed by atoms with Crippen LogP contribution in [0.25, 0.3) is 0 Å². The first kappa shape index (κ1) is 50.2. The van der Waals surface area contributed by atoms with Gasteiger partial charge in [-0.15, -0.1) is 0 Å². The van der Waals surface area contributed by atoms with E-state index in [-0.39, 0.29) is 26.1 Å². The van der Waals surface area contributed by atoms with Crippen LogP contribution in [0, 0.1) is 0 Å². The molecule has 1 saturated heterocycles. The predicted octanol–water partition coefficient (Wildman–Crippen LogP) is 8.44. The molecule has 0 spiro atoms. The highest BCUT2D eigenvalue weighted by atomic mass is 16.7. The summed E-state index contributed by atoms with van der Waals surface area (Å²) in [6.07, 6.45) is 36.2. The number of aliphatic hydroxyl groups is 4. The van der Waals surface area contributed by atoms with Gasteiger partial charge in [0.1, 0.15) is 31.0 Å². The molecule has 0 amide bonds. The quantitative estimate of drug-likeness (QED) is 0.0291. The summed E-state index contributed by atoms with van der Waals surface area (Å²) in [6.45, 7) is 3.14. The van der Waals surface area contributed by atoms with Gasteiger partial charge in [0, 0.05) is 12.8 Å². The third-order valence-corrected chi connectivity index (χ3v) is 9.09. The molecule has 1 aliphatic rings. The third-order valence-electron chi connectivity index (χ3n) is 9.09. The molecule has 0 aromatic heterocycles. The molecule has 1 rings (SSSR count). The van der Waals surface area contributed by atoms with Gasteiger partial charge >= 0.3 is 11.9 Å². The van der Waals surface area contributed by atoms with Crippen LogP contribution in [0.2, 0.25) is 0 Å². The lowest BCUT2D eigenvalue weighted by atomic mass is 9.99. The van der Waals surface area contributed by atoms with Gasteiger partial charge in [0.2, 0.25) is 0 Å². The van der Waals surface area contributed by atoms with E-state index in [1.165, 1.54) is 0 Å². The fourth-order valence-electron chi connectivity index (χ4n) is 5.80. The van der Waals surface area contributed by atoms with Gasteiger partial charge in [0.15, 0.2) is 12.4 Å². The van der Waals surface area contributed by atoms with Crippen LogP contribution < -0.4 is 0 Å². The van der Waals surface area contributed by atoms with Crippen molar-refractivity contribution in [1.82, 2.24) is 0 Å². The fourth-order valence-corrected chi connectivity index (χ4v) is 5.80. The molecule has 314 valence electrons. The number of rotatable bonds is 33. The molecule has 10 heteroatoms. The van der Waals surface area contributed by atoms with Crippen molar-refractivity contribution in [2.45, 2.75) is 179 Å². The second-order valence-corrected chi connectivity index (χ2v) is 14.0. The maximum Gasteiger partial charge on any atom is 0.306 e. The van der Waals surface area contributed by atoms with E-state index in [1.807, 2.05) is 0 Å². The minimum Gasteiger partial charge on any atom is -0.462 e. The maximum atomic E-state index is 12.7. The van der Waals surface area contributed by atoms with Crippen LogP contribution in [0.1, 0.15) is 142 Å². The standard InChI is InChI=1S/C45H74O10/c1-3-5-7-9-11-13-15-17-19-21-23-25-27-29-31-33-40(47)52-36-38(37-53-45-44(51)43(50)42(49)39(35-46)55-45)54-41(48)34-32-30-28-26-24-22-20-18-16-14-12-10-8-6-4-2/h5-8,11-14,17-20,38-39,42-46,49-51H,3-4,9-10,15-16,21-37H2,1-2H3/b7-5-,8-6-,13-11-,14-12-,19-17-,20-18-/t38-,39+,42+,43-,44+,45-/m1/s1. The van der Waals surface area contributed by atoms with Gasteiger partial charge in [-0.2, -0.15) is 0 Å². The van der Waals surface area contributed by atoms with Gasteiger partial charge in [-0.05, 0) is 77.0 Å². The number of allylic oxidation sites excluding steroid dienone is 12. The number of hydrogen-bond donors (Lipinski definition) is 4. The summed E-state index contributed by atoms with van der Waals surface area (Å²) < 4.78 is 22.1. The monoisotopic (exact) mass is 775 g/mol. The maximum absolute atomic E-state index is 12.7. The van der Waals surface area contributed by atoms with Crippen LogP contribution in [0.4, 0.5) is 0 Å². The zero-order valence-corrected chi connectivity index (χ0v) is 33.9. The van der Waals surface area contributed by atoms with E-state index in [4.69, 9.17) is 18.9 Å². The molecule has 1 heterocycles. The summed E-state index contributed by atoms with van der Waals surface area (Å²) in [5, 5.41) is 40.0. The molecule has 4 N–H and O–H groups in total. The molecule has 10 nitrogen and oxygen atoms in total. The minimum atomic E-state index is -1.60. The highest BCUT2D eigenvalue weighted by Crippen LogP contribution is 2.22. The van der Waals surface area contributed by atoms with Crippen LogP contribution in [-0.2, 0) is 28.5 Å². The van der Waals surface area contributed by atoms with Crippen LogP contribution in [0.5, 0.6) is 0 Å². The third kappa shape index (κ3) is 27.4. The van der Waals surface area contributed by atoms with Crippen molar-refractivity contribution < 1.29 is 49.0 Å². The number of esters is 2. The molecule has 0 bridgehead atoms.